The Bertz CT molecular complexity index is 788. The molecule has 24 heavy (non-hydrogen) atoms. The number of nitrogens with zero attached hydrogens (tertiary/aromatic N) is 1. The average molecular weight is 326 g/mol. The van der Waals surface area contributed by atoms with Crippen molar-refractivity contribution in [3.05, 3.63) is 48.5 Å². The number of Topliss-reactive ketones (excluding diaryl/α,β-unsaturated/α-hetero) is 1. The molecular weight excluding hydrogens is 308 g/mol. The van der Waals surface area contributed by atoms with Crippen molar-refractivity contribution in [2.45, 2.75) is 6.92 Å². The van der Waals surface area contributed by atoms with E-state index in [2.05, 4.69) is 21.3 Å². The summed E-state index contributed by atoms with van der Waals surface area (Å²) < 4.78 is 0. The SMILES string of the molecule is CC(=O)/C(=N/Nc1cccc(N)c1)C(=O)Nc1cccc(NN)c1. The molecule has 0 aromatic heterocycles. The zero-order valence-corrected chi connectivity index (χ0v) is 13.0. The largest absolute Gasteiger partial charge is 0.399 e. The van der Waals surface area contributed by atoms with Crippen molar-refractivity contribution < 1.29 is 9.59 Å². The Morgan fingerprint density at radius 3 is 2.33 bits per heavy atom. The van der Waals surface area contributed by atoms with E-state index in [4.69, 9.17) is 11.6 Å². The van der Waals surface area contributed by atoms with Gasteiger partial charge in [-0.05, 0) is 36.4 Å². The second-order valence-corrected chi connectivity index (χ2v) is 4.93. The summed E-state index contributed by atoms with van der Waals surface area (Å²) in [6, 6.07) is 13.5. The average Bonchev–Trinajstić information content (AvgIpc) is 2.55. The van der Waals surface area contributed by atoms with E-state index in [1.165, 1.54) is 6.92 Å². The highest BCUT2D eigenvalue weighted by Gasteiger charge is 2.17. The summed E-state index contributed by atoms with van der Waals surface area (Å²) in [4.78, 5) is 24.0. The van der Waals surface area contributed by atoms with Gasteiger partial charge in [-0.25, -0.2) is 0 Å². The van der Waals surface area contributed by atoms with Crippen molar-refractivity contribution in [1.82, 2.24) is 0 Å². The van der Waals surface area contributed by atoms with Crippen molar-refractivity contribution in [2.24, 2.45) is 10.9 Å². The van der Waals surface area contributed by atoms with Crippen LogP contribution >= 0.6 is 0 Å². The predicted octanol–water partition coefficient (Wildman–Crippen LogP) is 1.55. The minimum absolute atomic E-state index is 0.261. The van der Waals surface area contributed by atoms with Crippen LogP contribution in [0, 0.1) is 0 Å². The van der Waals surface area contributed by atoms with E-state index in [9.17, 15) is 9.59 Å². The first-order chi connectivity index (χ1) is 11.5. The van der Waals surface area contributed by atoms with Crippen molar-refractivity contribution >= 4 is 40.2 Å². The van der Waals surface area contributed by atoms with Gasteiger partial charge in [-0.2, -0.15) is 5.10 Å². The minimum atomic E-state index is -0.631. The van der Waals surface area contributed by atoms with E-state index in [0.29, 0.717) is 22.7 Å². The van der Waals surface area contributed by atoms with Crippen LogP contribution in [0.4, 0.5) is 22.7 Å². The van der Waals surface area contributed by atoms with Crippen LogP contribution in [0.2, 0.25) is 0 Å². The van der Waals surface area contributed by atoms with Gasteiger partial charge in [0.05, 0.1) is 11.4 Å². The molecule has 0 atom stereocenters. The van der Waals surface area contributed by atoms with E-state index in [1.807, 2.05) is 0 Å². The van der Waals surface area contributed by atoms with Gasteiger partial charge in [0.1, 0.15) is 0 Å². The molecule has 0 fully saturated rings. The van der Waals surface area contributed by atoms with Crippen molar-refractivity contribution in [3.63, 3.8) is 0 Å². The molecule has 0 aliphatic heterocycles. The molecule has 7 N–H and O–H groups in total. The number of benzene rings is 2. The lowest BCUT2D eigenvalue weighted by molar-refractivity contribution is -0.114. The number of hydrazone groups is 1. The number of anilines is 4. The predicted molar refractivity (Wildman–Crippen MR) is 95.5 cm³/mol. The molecule has 1 amide bonds. The van der Waals surface area contributed by atoms with Crippen molar-refractivity contribution in [1.29, 1.82) is 0 Å². The van der Waals surface area contributed by atoms with E-state index in [0.717, 1.165) is 0 Å². The fourth-order valence-electron chi connectivity index (χ4n) is 1.90. The first-order valence-electron chi connectivity index (χ1n) is 7.08. The molecule has 0 aliphatic carbocycles. The highest BCUT2D eigenvalue weighted by molar-refractivity contribution is 6.67. The van der Waals surface area contributed by atoms with Gasteiger partial charge in [-0.3, -0.25) is 20.9 Å². The molecule has 0 radical (unpaired) electrons. The van der Waals surface area contributed by atoms with E-state index >= 15 is 0 Å². The number of carbonyl (C=O) groups is 2. The van der Waals surface area contributed by atoms with Crippen molar-refractivity contribution in [3.8, 4) is 0 Å². The molecule has 8 heteroatoms. The maximum atomic E-state index is 12.3. The fourth-order valence-corrected chi connectivity index (χ4v) is 1.90. The van der Waals surface area contributed by atoms with E-state index < -0.39 is 11.7 Å². The van der Waals surface area contributed by atoms with Crippen LogP contribution in [0.1, 0.15) is 6.92 Å². The third kappa shape index (κ3) is 4.55. The van der Waals surface area contributed by atoms with Gasteiger partial charge < -0.3 is 16.5 Å². The summed E-state index contributed by atoms with van der Waals surface area (Å²) in [5, 5.41) is 6.48. The normalized spacial score (nSPS) is 10.8. The number of ketones is 1. The molecule has 2 rings (SSSR count). The second kappa shape index (κ2) is 7.75. The van der Waals surface area contributed by atoms with Gasteiger partial charge in [0.2, 0.25) is 0 Å². The van der Waals surface area contributed by atoms with Crippen LogP contribution in [0.15, 0.2) is 53.6 Å². The Kier molecular flexibility index (Phi) is 5.48. The number of nitrogens with one attached hydrogen (secondary N) is 3. The maximum absolute atomic E-state index is 12.3. The number of hydrazine groups is 1. The van der Waals surface area contributed by atoms with Gasteiger partial charge in [0.15, 0.2) is 11.5 Å². The Morgan fingerprint density at radius 2 is 1.67 bits per heavy atom. The molecular formula is C16H18N6O2. The summed E-state index contributed by atoms with van der Waals surface area (Å²) in [6.07, 6.45) is 0. The third-order valence-corrected chi connectivity index (χ3v) is 3.02. The Labute approximate surface area is 138 Å². The molecule has 0 bridgehead atoms. The standard InChI is InChI=1S/C16H18N6O2/c1-10(23)15(22-21-14-7-2-4-11(17)8-14)16(24)19-12-5-3-6-13(9-12)20-18/h2-9,20-21H,17-18H2,1H3,(H,19,24)/b22-15-. The molecule has 0 unspecified atom stereocenters. The van der Waals surface area contributed by atoms with Gasteiger partial charge in [0.25, 0.3) is 5.91 Å². The van der Waals surface area contributed by atoms with E-state index in [-0.39, 0.29) is 5.71 Å². The van der Waals surface area contributed by atoms with Gasteiger partial charge in [-0.1, -0.05) is 12.1 Å². The molecule has 0 aliphatic rings. The van der Waals surface area contributed by atoms with Crippen molar-refractivity contribution in [2.75, 3.05) is 21.9 Å². The number of rotatable bonds is 6. The van der Waals surface area contributed by atoms with Crippen LogP contribution in [0.5, 0.6) is 0 Å². The molecule has 0 saturated carbocycles. The lowest BCUT2D eigenvalue weighted by Crippen LogP contribution is -2.29. The summed E-state index contributed by atoms with van der Waals surface area (Å²) in [6.45, 7) is 1.26. The van der Waals surface area contributed by atoms with Crippen LogP contribution in [-0.4, -0.2) is 17.4 Å². The van der Waals surface area contributed by atoms with Crippen LogP contribution in [0.3, 0.4) is 0 Å². The minimum Gasteiger partial charge on any atom is -0.399 e. The number of amides is 1. The topological polar surface area (TPSA) is 135 Å². The first kappa shape index (κ1) is 17.0. The molecule has 2 aromatic carbocycles. The molecule has 0 spiro atoms. The van der Waals surface area contributed by atoms with E-state index in [1.54, 1.807) is 48.5 Å². The molecule has 0 saturated heterocycles. The zero-order valence-electron chi connectivity index (χ0n) is 13.0. The third-order valence-electron chi connectivity index (χ3n) is 3.02. The van der Waals surface area contributed by atoms with Crippen LogP contribution in [-0.2, 0) is 9.59 Å². The Morgan fingerprint density at radius 1 is 1.00 bits per heavy atom. The Hall–Kier alpha value is -3.39. The molecule has 0 heterocycles. The fraction of sp³-hybridized carbons (Fsp3) is 0.0625. The highest BCUT2D eigenvalue weighted by Crippen LogP contribution is 2.14. The molecule has 124 valence electrons. The van der Waals surface area contributed by atoms with Gasteiger partial charge in [-0.15, -0.1) is 0 Å². The lowest BCUT2D eigenvalue weighted by Gasteiger charge is -2.08. The van der Waals surface area contributed by atoms with Crippen LogP contribution in [0.25, 0.3) is 0 Å². The number of nitrogen functional groups attached to an aromatic ring is 2. The number of carbonyl (C=O) groups excluding carboxylic acids is 2. The Balaban J connectivity index is 2.15. The molecule has 2 aromatic rings. The lowest BCUT2D eigenvalue weighted by atomic mass is 10.2. The zero-order chi connectivity index (χ0) is 17.5. The number of hydrogen-bond acceptors (Lipinski definition) is 7. The summed E-state index contributed by atoms with van der Waals surface area (Å²) in [5.41, 5.74) is 12.7. The summed E-state index contributed by atoms with van der Waals surface area (Å²) in [7, 11) is 0. The number of hydrogen-bond donors (Lipinski definition) is 5. The highest BCUT2D eigenvalue weighted by atomic mass is 16.2. The van der Waals surface area contributed by atoms with Crippen LogP contribution < -0.4 is 27.7 Å². The molecule has 8 nitrogen and oxygen atoms in total. The second-order valence-electron chi connectivity index (χ2n) is 4.93. The quantitative estimate of drug-likeness (QED) is 0.180. The summed E-state index contributed by atoms with van der Waals surface area (Å²) >= 11 is 0. The summed E-state index contributed by atoms with van der Waals surface area (Å²) in [5.74, 6) is 4.21. The first-order valence-corrected chi connectivity index (χ1v) is 7.08. The number of nitrogens with two attached hydrogens (primary N) is 2. The monoisotopic (exact) mass is 326 g/mol. The van der Waals surface area contributed by atoms with Gasteiger partial charge >= 0.3 is 0 Å². The van der Waals surface area contributed by atoms with Gasteiger partial charge in [0, 0.05) is 18.3 Å². The maximum Gasteiger partial charge on any atom is 0.279 e. The smallest absolute Gasteiger partial charge is 0.279 e.